The molecular formula is C10H11FO4S. The lowest BCUT2D eigenvalue weighted by atomic mass is 9.99. The third kappa shape index (κ3) is 2.52. The molecule has 3 N–H and O–H groups in total. The highest BCUT2D eigenvalue weighted by Gasteiger charge is 2.25. The third-order valence-corrected chi connectivity index (χ3v) is 2.50. The van der Waals surface area contributed by atoms with Gasteiger partial charge in [-0.2, -0.15) is 12.6 Å². The number of halogens is 1. The van der Waals surface area contributed by atoms with Crippen molar-refractivity contribution in [3.05, 3.63) is 35.1 Å². The molecule has 16 heavy (non-hydrogen) atoms. The van der Waals surface area contributed by atoms with Gasteiger partial charge in [0.15, 0.2) is 0 Å². The number of hydrogen-bond acceptors (Lipinski definition) is 4. The fourth-order valence-corrected chi connectivity index (χ4v) is 1.52. The predicted molar refractivity (Wildman–Crippen MR) is 58.2 cm³/mol. The standard InChI is InChI=1S/C10H11FO4S/c11-6-3-1-2-5(8(6)10(14)15)9(13)7(12)4-16/h1-3,7,9,12-13,16H,4H2,(H,14,15). The van der Waals surface area contributed by atoms with Crippen LogP contribution in [0.2, 0.25) is 0 Å². The number of benzene rings is 1. The van der Waals surface area contributed by atoms with Crippen LogP contribution in [-0.2, 0) is 0 Å². The van der Waals surface area contributed by atoms with Crippen molar-refractivity contribution >= 4 is 18.6 Å². The minimum absolute atomic E-state index is 0.0588. The van der Waals surface area contributed by atoms with Crippen LogP contribution in [-0.4, -0.2) is 33.1 Å². The number of carboxylic acid groups (broad SMARTS) is 1. The molecule has 4 nitrogen and oxygen atoms in total. The number of hydrogen-bond donors (Lipinski definition) is 4. The van der Waals surface area contributed by atoms with Gasteiger partial charge in [-0.3, -0.25) is 0 Å². The SMILES string of the molecule is O=C(O)c1c(F)cccc1C(O)C(O)CS. The highest BCUT2D eigenvalue weighted by Crippen LogP contribution is 2.24. The minimum atomic E-state index is -1.49. The van der Waals surface area contributed by atoms with Crippen molar-refractivity contribution in [3.63, 3.8) is 0 Å². The van der Waals surface area contributed by atoms with E-state index in [4.69, 9.17) is 5.11 Å². The zero-order valence-corrected chi connectivity index (χ0v) is 9.06. The Kier molecular flexibility index (Phi) is 4.28. The lowest BCUT2D eigenvalue weighted by Gasteiger charge is -2.18. The Hall–Kier alpha value is -1.11. The molecule has 0 fully saturated rings. The first-order valence-corrected chi connectivity index (χ1v) is 5.11. The van der Waals surface area contributed by atoms with Gasteiger partial charge in [-0.05, 0) is 6.07 Å². The van der Waals surface area contributed by atoms with Crippen LogP contribution in [0.25, 0.3) is 0 Å². The zero-order valence-electron chi connectivity index (χ0n) is 8.17. The van der Waals surface area contributed by atoms with E-state index in [0.29, 0.717) is 0 Å². The van der Waals surface area contributed by atoms with Crippen LogP contribution >= 0.6 is 12.6 Å². The first-order valence-electron chi connectivity index (χ1n) is 4.47. The maximum absolute atomic E-state index is 13.2. The molecule has 2 unspecified atom stereocenters. The van der Waals surface area contributed by atoms with E-state index in [1.807, 2.05) is 0 Å². The summed E-state index contributed by atoms with van der Waals surface area (Å²) in [5, 5.41) is 27.7. The van der Waals surface area contributed by atoms with E-state index >= 15 is 0 Å². The van der Waals surface area contributed by atoms with Crippen LogP contribution in [0.15, 0.2) is 18.2 Å². The monoisotopic (exact) mass is 246 g/mol. The highest BCUT2D eigenvalue weighted by atomic mass is 32.1. The van der Waals surface area contributed by atoms with Crippen LogP contribution < -0.4 is 0 Å². The van der Waals surface area contributed by atoms with Crippen molar-refractivity contribution in [1.29, 1.82) is 0 Å². The summed E-state index contributed by atoms with van der Waals surface area (Å²) in [4.78, 5) is 10.8. The second-order valence-electron chi connectivity index (χ2n) is 3.20. The van der Waals surface area contributed by atoms with Crippen LogP contribution in [0.1, 0.15) is 22.0 Å². The van der Waals surface area contributed by atoms with E-state index < -0.39 is 29.6 Å². The number of aliphatic hydroxyl groups is 2. The molecule has 0 spiro atoms. The van der Waals surface area contributed by atoms with Gasteiger partial charge >= 0.3 is 5.97 Å². The molecule has 0 saturated heterocycles. The molecule has 0 aliphatic heterocycles. The number of thiol groups is 1. The second-order valence-corrected chi connectivity index (χ2v) is 3.57. The second kappa shape index (κ2) is 5.29. The maximum Gasteiger partial charge on any atom is 0.339 e. The third-order valence-electron chi connectivity index (χ3n) is 2.13. The predicted octanol–water partition coefficient (Wildman–Crippen LogP) is 0.848. The van der Waals surface area contributed by atoms with Gasteiger partial charge in [0.2, 0.25) is 0 Å². The summed E-state index contributed by atoms with van der Waals surface area (Å²) in [5.74, 6) is -2.49. The largest absolute Gasteiger partial charge is 0.478 e. The molecule has 0 aromatic heterocycles. The Bertz CT molecular complexity index is 396. The molecule has 1 aromatic rings. The maximum atomic E-state index is 13.2. The molecule has 0 saturated carbocycles. The average molecular weight is 246 g/mol. The number of aliphatic hydroxyl groups excluding tert-OH is 2. The van der Waals surface area contributed by atoms with Crippen molar-refractivity contribution in [2.24, 2.45) is 0 Å². The normalized spacial score (nSPS) is 14.5. The molecule has 0 radical (unpaired) electrons. The molecule has 0 heterocycles. The topological polar surface area (TPSA) is 77.8 Å². The van der Waals surface area contributed by atoms with Crippen LogP contribution in [0.3, 0.4) is 0 Å². The Morgan fingerprint density at radius 3 is 2.56 bits per heavy atom. The molecule has 88 valence electrons. The average Bonchev–Trinajstić information content (AvgIpc) is 2.26. The molecule has 1 aromatic carbocycles. The fourth-order valence-electron chi connectivity index (χ4n) is 1.32. The number of carboxylic acids is 1. The highest BCUT2D eigenvalue weighted by molar-refractivity contribution is 7.80. The molecular weight excluding hydrogens is 235 g/mol. The molecule has 0 aliphatic rings. The van der Waals surface area contributed by atoms with Gasteiger partial charge in [-0.1, -0.05) is 12.1 Å². The van der Waals surface area contributed by atoms with Gasteiger partial charge in [-0.25, -0.2) is 9.18 Å². The molecule has 0 aliphatic carbocycles. The quantitative estimate of drug-likeness (QED) is 0.594. The van der Waals surface area contributed by atoms with Gasteiger partial charge in [0.05, 0.1) is 6.10 Å². The smallest absolute Gasteiger partial charge is 0.339 e. The number of aromatic carboxylic acids is 1. The molecule has 6 heteroatoms. The summed E-state index contributed by atoms with van der Waals surface area (Å²) in [7, 11) is 0. The van der Waals surface area contributed by atoms with Gasteiger partial charge in [0.25, 0.3) is 0 Å². The van der Waals surface area contributed by atoms with E-state index in [1.54, 1.807) is 0 Å². The van der Waals surface area contributed by atoms with E-state index in [1.165, 1.54) is 12.1 Å². The van der Waals surface area contributed by atoms with Crippen LogP contribution in [0.5, 0.6) is 0 Å². The summed E-state index contributed by atoms with van der Waals surface area (Å²) in [6.45, 7) is 0. The van der Waals surface area contributed by atoms with Gasteiger partial charge in [-0.15, -0.1) is 0 Å². The molecule has 1 rings (SSSR count). The van der Waals surface area contributed by atoms with Gasteiger partial charge in [0.1, 0.15) is 17.5 Å². The lowest BCUT2D eigenvalue weighted by Crippen LogP contribution is -2.22. The van der Waals surface area contributed by atoms with E-state index in [2.05, 4.69) is 12.6 Å². The van der Waals surface area contributed by atoms with E-state index in [9.17, 15) is 19.4 Å². The number of carbonyl (C=O) groups is 1. The van der Waals surface area contributed by atoms with Crippen molar-refractivity contribution in [2.75, 3.05) is 5.75 Å². The Morgan fingerprint density at radius 2 is 2.06 bits per heavy atom. The number of rotatable bonds is 4. The Balaban J connectivity index is 3.22. The molecule has 2 atom stereocenters. The van der Waals surface area contributed by atoms with Crippen LogP contribution in [0.4, 0.5) is 4.39 Å². The molecule has 0 bridgehead atoms. The summed E-state index contributed by atoms with van der Waals surface area (Å²) in [5.41, 5.74) is -0.787. The summed E-state index contributed by atoms with van der Waals surface area (Å²) in [6, 6.07) is 3.50. The summed E-state index contributed by atoms with van der Waals surface area (Å²) >= 11 is 3.77. The summed E-state index contributed by atoms with van der Waals surface area (Å²) < 4.78 is 13.2. The van der Waals surface area contributed by atoms with E-state index in [-0.39, 0.29) is 11.3 Å². The first kappa shape index (κ1) is 13.0. The fraction of sp³-hybridized carbons (Fsp3) is 0.300. The van der Waals surface area contributed by atoms with E-state index in [0.717, 1.165) is 6.07 Å². The molecule has 0 amide bonds. The Morgan fingerprint density at radius 1 is 1.44 bits per heavy atom. The zero-order chi connectivity index (χ0) is 12.3. The summed E-state index contributed by atoms with van der Waals surface area (Å²) in [6.07, 6.45) is -2.72. The van der Waals surface area contributed by atoms with Crippen molar-refractivity contribution in [3.8, 4) is 0 Å². The minimum Gasteiger partial charge on any atom is -0.478 e. The van der Waals surface area contributed by atoms with Crippen molar-refractivity contribution in [1.82, 2.24) is 0 Å². The van der Waals surface area contributed by atoms with Crippen molar-refractivity contribution < 1.29 is 24.5 Å². The van der Waals surface area contributed by atoms with Crippen molar-refractivity contribution in [2.45, 2.75) is 12.2 Å². The lowest BCUT2D eigenvalue weighted by molar-refractivity contribution is 0.0320. The van der Waals surface area contributed by atoms with Gasteiger partial charge < -0.3 is 15.3 Å². The Labute approximate surface area is 96.8 Å². The van der Waals surface area contributed by atoms with Crippen LogP contribution in [0, 0.1) is 5.82 Å². The first-order chi connectivity index (χ1) is 7.49. The van der Waals surface area contributed by atoms with Gasteiger partial charge in [0, 0.05) is 11.3 Å².